The number of carbonyl (C=O) groups excluding carboxylic acids is 2. The average molecular weight is 680 g/mol. The van der Waals surface area contributed by atoms with Crippen LogP contribution in [0.25, 0.3) is 0 Å². The van der Waals surface area contributed by atoms with E-state index in [2.05, 4.69) is 5.32 Å². The summed E-state index contributed by atoms with van der Waals surface area (Å²) >= 11 is 2.50. The highest BCUT2D eigenvalue weighted by molar-refractivity contribution is 7.98. The maximum absolute atomic E-state index is 14.0. The largest absolute Gasteiger partial charge is 0.480 e. The van der Waals surface area contributed by atoms with Crippen LogP contribution in [-0.2, 0) is 28.7 Å². The number of nitro groups is 1. The molecule has 7 N–H and O–H groups in total. The van der Waals surface area contributed by atoms with Crippen LogP contribution in [-0.4, -0.2) is 86.3 Å². The molecule has 0 fully saturated rings. The Balaban J connectivity index is 3.27. The maximum Gasteiger partial charge on any atom is 0.338 e. The van der Waals surface area contributed by atoms with Crippen molar-refractivity contribution >= 4 is 53.1 Å². The molecule has 0 aliphatic carbocycles. The summed E-state index contributed by atoms with van der Waals surface area (Å²) in [4.78, 5) is 64.5. The molecule has 1 aliphatic heterocycles. The smallest absolute Gasteiger partial charge is 0.338 e. The zero-order valence-electron chi connectivity index (χ0n) is 25.9. The molecule has 0 saturated carbocycles. The molecule has 0 bridgehead atoms. The lowest BCUT2D eigenvalue weighted by Gasteiger charge is -2.42. The molecule has 0 spiro atoms. The normalized spacial score (nSPS) is 18.0. The SMILES string of the molecule is CSCCC(N)(C(=O)O)C1=C(C(=O)OC(C)C)C(c2ccc([N+](=O)[O-])cc2)C(C(=O)OC(C)C#N)=C(C(N)(CCSC)C(=O)O)N1. The second-order valence-corrected chi connectivity index (χ2v) is 12.6. The zero-order chi connectivity index (χ0) is 35.0. The quantitative estimate of drug-likeness (QED) is 0.0953. The third-order valence-corrected chi connectivity index (χ3v) is 8.33. The van der Waals surface area contributed by atoms with Gasteiger partial charge in [-0.05, 0) is 63.2 Å². The van der Waals surface area contributed by atoms with Gasteiger partial charge in [-0.3, -0.25) is 10.1 Å². The lowest BCUT2D eigenvalue weighted by molar-refractivity contribution is -0.384. The van der Waals surface area contributed by atoms with Gasteiger partial charge in [0.2, 0.25) is 0 Å². The Hall–Kier alpha value is -4.11. The number of carboxylic acids is 2. The third-order valence-electron chi connectivity index (χ3n) is 7.11. The lowest BCUT2D eigenvalue weighted by Crippen LogP contribution is -2.61. The van der Waals surface area contributed by atoms with Crippen molar-refractivity contribution in [2.75, 3.05) is 24.0 Å². The first-order valence-electron chi connectivity index (χ1n) is 13.8. The van der Waals surface area contributed by atoms with Gasteiger partial charge in [-0.25, -0.2) is 19.2 Å². The average Bonchev–Trinajstić information content (AvgIpc) is 3.00. The number of esters is 2. The van der Waals surface area contributed by atoms with Crippen LogP contribution in [0, 0.1) is 21.4 Å². The zero-order valence-corrected chi connectivity index (χ0v) is 27.5. The minimum absolute atomic E-state index is 0.0181. The number of ether oxygens (including phenoxy) is 2. The van der Waals surface area contributed by atoms with Gasteiger partial charge < -0.3 is 36.5 Å². The number of benzene rings is 1. The molecule has 4 unspecified atom stereocenters. The molecule has 15 nitrogen and oxygen atoms in total. The van der Waals surface area contributed by atoms with Gasteiger partial charge in [-0.15, -0.1) is 0 Å². The molecule has 46 heavy (non-hydrogen) atoms. The number of dihydropyridines is 1. The lowest BCUT2D eigenvalue weighted by atomic mass is 9.72. The Kier molecular flexibility index (Phi) is 13.2. The molecular formula is C29H37N5O10S2. The number of rotatable bonds is 16. The first-order chi connectivity index (χ1) is 21.5. The number of carbonyl (C=O) groups is 4. The molecule has 0 aromatic heterocycles. The summed E-state index contributed by atoms with van der Waals surface area (Å²) in [6.45, 7) is 4.31. The van der Waals surface area contributed by atoms with Gasteiger partial charge in [0.25, 0.3) is 5.69 Å². The standard InChI is InChI=1S/C29H37N5O10S2/c1-15(2)43-24(35)20-19(17-6-8-18(9-7-17)34(41)42)21(25(36)44-16(3)14-30)23(29(32,27(39)40)11-13-46-5)33-22(20)28(31,26(37)38)10-12-45-4/h6-9,15-16,19,33H,10-13,31-32H2,1-5H3,(H,37,38)(H,39,40). The van der Waals surface area contributed by atoms with E-state index in [1.54, 1.807) is 18.6 Å². The second kappa shape index (κ2) is 15.9. The van der Waals surface area contributed by atoms with Crippen molar-refractivity contribution in [3.05, 3.63) is 62.5 Å². The summed E-state index contributed by atoms with van der Waals surface area (Å²) in [5, 5.41) is 44.5. The Bertz CT molecular complexity index is 1470. The molecule has 0 amide bonds. The van der Waals surface area contributed by atoms with Gasteiger partial charge in [0.1, 0.15) is 6.07 Å². The Labute approximate surface area is 273 Å². The topological polar surface area (TPSA) is 258 Å². The van der Waals surface area contributed by atoms with Crippen LogP contribution in [0.3, 0.4) is 0 Å². The molecule has 4 atom stereocenters. The summed E-state index contributed by atoms with van der Waals surface area (Å²) < 4.78 is 10.8. The van der Waals surface area contributed by atoms with Gasteiger partial charge in [0.15, 0.2) is 17.2 Å². The molecule has 2 rings (SSSR count). The molecule has 1 aliphatic rings. The first kappa shape index (κ1) is 38.1. The number of nitrogens with zero attached hydrogens (tertiary/aromatic N) is 2. The number of nitrogens with one attached hydrogen (secondary N) is 1. The summed E-state index contributed by atoms with van der Waals surface area (Å²) in [6.07, 6.45) is 0.718. The monoisotopic (exact) mass is 679 g/mol. The molecule has 17 heteroatoms. The van der Waals surface area contributed by atoms with Crippen LogP contribution < -0.4 is 16.8 Å². The highest BCUT2D eigenvalue weighted by Gasteiger charge is 2.53. The highest BCUT2D eigenvalue weighted by atomic mass is 32.2. The summed E-state index contributed by atoms with van der Waals surface area (Å²) in [6, 6.07) is 6.34. The number of nitrogens with two attached hydrogens (primary N) is 2. The predicted molar refractivity (Wildman–Crippen MR) is 171 cm³/mol. The number of nitro benzene ring substituents is 1. The number of carboxylic acid groups (broad SMARTS) is 2. The van der Waals surface area contributed by atoms with E-state index in [4.69, 9.17) is 20.9 Å². The summed E-state index contributed by atoms with van der Waals surface area (Å²) in [5.41, 5.74) is 5.96. The van der Waals surface area contributed by atoms with E-state index < -0.39 is 80.5 Å². The number of thioether (sulfide) groups is 2. The van der Waals surface area contributed by atoms with Crippen LogP contribution in [0.1, 0.15) is 45.1 Å². The second-order valence-electron chi connectivity index (χ2n) is 10.7. The van der Waals surface area contributed by atoms with Crippen molar-refractivity contribution in [3.8, 4) is 6.07 Å². The number of nitriles is 1. The summed E-state index contributed by atoms with van der Waals surface area (Å²) in [5.74, 6) is -6.89. The van der Waals surface area contributed by atoms with Crippen LogP contribution in [0.2, 0.25) is 0 Å². The Morgan fingerprint density at radius 1 is 0.957 bits per heavy atom. The minimum Gasteiger partial charge on any atom is -0.480 e. The molecule has 0 radical (unpaired) electrons. The van der Waals surface area contributed by atoms with Crippen LogP contribution in [0.4, 0.5) is 5.69 Å². The van der Waals surface area contributed by atoms with E-state index in [0.29, 0.717) is 0 Å². The van der Waals surface area contributed by atoms with Crippen molar-refractivity contribution in [1.29, 1.82) is 5.26 Å². The highest BCUT2D eigenvalue weighted by Crippen LogP contribution is 2.45. The third kappa shape index (κ3) is 8.18. The van der Waals surface area contributed by atoms with E-state index in [-0.39, 0.29) is 35.6 Å². The fourth-order valence-corrected chi connectivity index (χ4v) is 5.74. The van der Waals surface area contributed by atoms with E-state index >= 15 is 0 Å². The molecule has 1 aromatic carbocycles. The molecule has 250 valence electrons. The van der Waals surface area contributed by atoms with E-state index in [1.807, 2.05) is 0 Å². The van der Waals surface area contributed by atoms with Gasteiger partial charge in [-0.1, -0.05) is 12.1 Å². The van der Waals surface area contributed by atoms with E-state index in [0.717, 1.165) is 12.1 Å². The van der Waals surface area contributed by atoms with Crippen molar-refractivity contribution in [1.82, 2.24) is 5.32 Å². The van der Waals surface area contributed by atoms with E-state index in [9.17, 15) is 44.8 Å². The first-order valence-corrected chi connectivity index (χ1v) is 16.6. The van der Waals surface area contributed by atoms with Crippen LogP contribution in [0.15, 0.2) is 46.8 Å². The van der Waals surface area contributed by atoms with Gasteiger partial charge in [0, 0.05) is 12.1 Å². The molecule has 1 heterocycles. The van der Waals surface area contributed by atoms with E-state index in [1.165, 1.54) is 56.4 Å². The van der Waals surface area contributed by atoms with Gasteiger partial charge in [0.05, 0.1) is 39.5 Å². The Morgan fingerprint density at radius 2 is 1.39 bits per heavy atom. The van der Waals surface area contributed by atoms with Crippen molar-refractivity contribution in [3.63, 3.8) is 0 Å². The van der Waals surface area contributed by atoms with Crippen molar-refractivity contribution in [2.24, 2.45) is 11.5 Å². The predicted octanol–water partition coefficient (Wildman–Crippen LogP) is 2.27. The number of hydrogen-bond acceptors (Lipinski definition) is 14. The summed E-state index contributed by atoms with van der Waals surface area (Å²) in [7, 11) is 0. The van der Waals surface area contributed by atoms with Crippen LogP contribution in [0.5, 0.6) is 0 Å². The van der Waals surface area contributed by atoms with Crippen LogP contribution >= 0.6 is 23.5 Å². The van der Waals surface area contributed by atoms with Crippen molar-refractivity contribution in [2.45, 2.75) is 62.8 Å². The number of hydrogen-bond donors (Lipinski definition) is 5. The molecule has 1 aromatic rings. The number of aliphatic carboxylic acids is 2. The molecule has 0 saturated heterocycles. The van der Waals surface area contributed by atoms with Gasteiger partial charge in [-0.2, -0.15) is 28.8 Å². The minimum atomic E-state index is -2.41. The Morgan fingerprint density at radius 3 is 1.74 bits per heavy atom. The van der Waals surface area contributed by atoms with Gasteiger partial charge >= 0.3 is 23.9 Å². The number of non-ortho nitro benzene ring substituents is 1. The molecular weight excluding hydrogens is 642 g/mol. The maximum atomic E-state index is 14.0. The van der Waals surface area contributed by atoms with Crippen molar-refractivity contribution < 1.29 is 43.8 Å². The fraction of sp³-hybridized carbons (Fsp3) is 0.483. The fourth-order valence-electron chi connectivity index (χ4n) is 4.69.